The van der Waals surface area contributed by atoms with E-state index in [1.165, 1.54) is 103 Å². The summed E-state index contributed by atoms with van der Waals surface area (Å²) < 4.78 is 17.7. The topological polar surface area (TPSA) is 30.9 Å². The smallest absolute Gasteiger partial charge is 0.377 e. The van der Waals surface area contributed by atoms with Gasteiger partial charge < -0.3 is 18.2 Å². The third kappa shape index (κ3) is 14.8. The first kappa shape index (κ1) is 36.5. The lowest BCUT2D eigenvalue weighted by molar-refractivity contribution is 0.0817. The van der Waals surface area contributed by atoms with Gasteiger partial charge in [-0.2, -0.15) is 0 Å². The van der Waals surface area contributed by atoms with Crippen molar-refractivity contribution in [3.63, 3.8) is 0 Å². The molecule has 0 fully saturated rings. The normalized spacial score (nSPS) is 13.8. The molecule has 0 aromatic rings. The molecule has 0 aliphatic rings. The number of unbranched alkanes of at least 4 members (excludes halogenated alkanes) is 14. The summed E-state index contributed by atoms with van der Waals surface area (Å²) in [6, 6.07) is 0.471. The van der Waals surface area contributed by atoms with Gasteiger partial charge in [-0.05, 0) is 25.9 Å². The van der Waals surface area contributed by atoms with Gasteiger partial charge in [-0.3, -0.25) is 0 Å². The van der Waals surface area contributed by atoms with Gasteiger partial charge in [0, 0.05) is 32.9 Å². The Labute approximate surface area is 222 Å². The van der Waals surface area contributed by atoms with E-state index >= 15 is 0 Å². The third-order valence-electron chi connectivity index (χ3n) is 7.60. The van der Waals surface area contributed by atoms with Crippen molar-refractivity contribution in [2.45, 2.75) is 148 Å². The number of hydrogen-bond acceptors (Lipinski definition) is 4. The highest BCUT2D eigenvalue weighted by Crippen LogP contribution is 2.36. The van der Waals surface area contributed by atoms with Crippen LogP contribution in [0.3, 0.4) is 0 Å². The fourth-order valence-corrected chi connectivity index (χ4v) is 8.27. The van der Waals surface area contributed by atoms with E-state index in [2.05, 4.69) is 32.6 Å². The predicted octanol–water partition coefficient (Wildman–Crippen LogP) is 9.04. The molecule has 34 heavy (non-hydrogen) atoms. The van der Waals surface area contributed by atoms with E-state index in [1.54, 1.807) is 21.3 Å². The Kier molecular flexibility index (Phi) is 26.9. The molecule has 4 nitrogen and oxygen atoms in total. The fourth-order valence-electron chi connectivity index (χ4n) is 5.52. The molecule has 0 saturated heterocycles. The van der Waals surface area contributed by atoms with Crippen LogP contribution >= 0.6 is 12.4 Å². The Morgan fingerprint density at radius 1 is 0.559 bits per heavy atom. The van der Waals surface area contributed by atoms with Gasteiger partial charge in [0.05, 0.1) is 0 Å². The van der Waals surface area contributed by atoms with Gasteiger partial charge in [0.25, 0.3) is 0 Å². The van der Waals surface area contributed by atoms with E-state index in [9.17, 15) is 0 Å². The average molecular weight is 524 g/mol. The van der Waals surface area contributed by atoms with Gasteiger partial charge in [0.15, 0.2) is 0 Å². The highest BCUT2D eigenvalue weighted by atomic mass is 35.5. The van der Waals surface area contributed by atoms with E-state index in [1.807, 2.05) is 0 Å². The van der Waals surface area contributed by atoms with Crippen molar-refractivity contribution in [2.24, 2.45) is 0 Å². The van der Waals surface area contributed by atoms with Gasteiger partial charge >= 0.3 is 8.80 Å². The molecular weight excluding hydrogens is 462 g/mol. The molecule has 2 atom stereocenters. The predicted molar refractivity (Wildman–Crippen MR) is 154 cm³/mol. The van der Waals surface area contributed by atoms with E-state index in [0.717, 1.165) is 19.5 Å². The summed E-state index contributed by atoms with van der Waals surface area (Å²) >= 11 is 0. The first-order chi connectivity index (χ1) is 16.1. The second kappa shape index (κ2) is 25.0. The molecule has 0 aliphatic heterocycles. The van der Waals surface area contributed by atoms with Crippen LogP contribution in [0, 0.1) is 0 Å². The zero-order valence-electron chi connectivity index (χ0n) is 24.2. The van der Waals surface area contributed by atoms with E-state index in [-0.39, 0.29) is 12.4 Å². The quantitative estimate of drug-likeness (QED) is 0.0881. The summed E-state index contributed by atoms with van der Waals surface area (Å²) in [6.45, 7) is 11.2. The molecule has 2 unspecified atom stereocenters. The maximum Gasteiger partial charge on any atom is 0.505 e. The highest BCUT2D eigenvalue weighted by molar-refractivity contribution is 6.62. The molecule has 0 heterocycles. The average Bonchev–Trinajstić information content (AvgIpc) is 2.85. The number of nitrogens with zero attached hydrogens (tertiary/aromatic N) is 1. The molecule has 208 valence electrons. The van der Waals surface area contributed by atoms with Crippen molar-refractivity contribution in [3.8, 4) is 0 Å². The SMILES string of the molecule is CCCCCCCCCCCCCCCCCC(C(CC)[Si](OC)(OC)OC)N(CC)CC.Cl. The lowest BCUT2D eigenvalue weighted by atomic mass is 10.00. The minimum atomic E-state index is -2.66. The molecule has 0 radical (unpaired) electrons. The van der Waals surface area contributed by atoms with Gasteiger partial charge in [0.1, 0.15) is 0 Å². The summed E-state index contributed by atoms with van der Waals surface area (Å²) in [7, 11) is 2.62. The van der Waals surface area contributed by atoms with Crippen molar-refractivity contribution in [3.05, 3.63) is 0 Å². The Morgan fingerprint density at radius 2 is 0.912 bits per heavy atom. The number of halogens is 1. The molecule has 0 amide bonds. The Bertz CT molecular complexity index is 401. The van der Waals surface area contributed by atoms with Crippen LogP contribution < -0.4 is 0 Å². The molecular formula is C28H62ClNO3Si. The largest absolute Gasteiger partial charge is 0.505 e. The minimum absolute atomic E-state index is 0. The highest BCUT2D eigenvalue weighted by Gasteiger charge is 2.50. The van der Waals surface area contributed by atoms with Crippen molar-refractivity contribution >= 4 is 21.2 Å². The molecule has 0 spiro atoms. The Hall–Kier alpha value is 0.347. The molecule has 0 aromatic heterocycles. The summed E-state index contributed by atoms with van der Waals surface area (Å²) in [5.74, 6) is 0. The monoisotopic (exact) mass is 523 g/mol. The summed E-state index contributed by atoms with van der Waals surface area (Å²) in [5.41, 5.74) is 0.323. The lowest BCUT2D eigenvalue weighted by Gasteiger charge is -2.41. The minimum Gasteiger partial charge on any atom is -0.377 e. The second-order valence-electron chi connectivity index (χ2n) is 9.76. The molecule has 0 aliphatic carbocycles. The lowest BCUT2D eigenvalue weighted by Crippen LogP contribution is -2.55. The van der Waals surface area contributed by atoms with E-state index < -0.39 is 8.80 Å². The Balaban J connectivity index is 0. The molecule has 0 bridgehead atoms. The van der Waals surface area contributed by atoms with Gasteiger partial charge in [-0.15, -0.1) is 12.4 Å². The summed E-state index contributed by atoms with van der Waals surface area (Å²) in [4.78, 5) is 2.59. The first-order valence-corrected chi connectivity index (χ1v) is 16.3. The molecule has 0 rings (SSSR count). The molecule has 0 aromatic carbocycles. The van der Waals surface area contributed by atoms with Crippen molar-refractivity contribution < 1.29 is 13.3 Å². The van der Waals surface area contributed by atoms with E-state index in [0.29, 0.717) is 11.6 Å². The molecule has 0 N–H and O–H groups in total. The van der Waals surface area contributed by atoms with Crippen LogP contribution in [0.2, 0.25) is 5.54 Å². The maximum absolute atomic E-state index is 5.91. The summed E-state index contributed by atoms with van der Waals surface area (Å²) in [5, 5.41) is 0. The second-order valence-corrected chi connectivity index (χ2v) is 12.9. The molecule has 0 saturated carbocycles. The standard InChI is InChI=1S/C28H61NO3Si.ClH/c1-8-12-13-14-15-16-17-18-19-20-21-22-23-24-25-26-27(29(10-3)11-4)28(9-2)33(30-5,31-6)32-7;/h27-28H,8-26H2,1-7H3;1H. The Morgan fingerprint density at radius 3 is 1.21 bits per heavy atom. The number of hydrogen-bond donors (Lipinski definition) is 0. The summed E-state index contributed by atoms with van der Waals surface area (Å²) in [6.07, 6.45) is 23.4. The van der Waals surface area contributed by atoms with Crippen LogP contribution in [0.5, 0.6) is 0 Å². The van der Waals surface area contributed by atoms with Crippen LogP contribution in [0.15, 0.2) is 0 Å². The first-order valence-electron chi connectivity index (χ1n) is 14.5. The van der Waals surface area contributed by atoms with Crippen LogP contribution in [0.25, 0.3) is 0 Å². The van der Waals surface area contributed by atoms with Crippen LogP contribution in [-0.4, -0.2) is 54.2 Å². The number of rotatable bonds is 25. The van der Waals surface area contributed by atoms with Gasteiger partial charge in [0.2, 0.25) is 0 Å². The van der Waals surface area contributed by atoms with Crippen LogP contribution in [0.1, 0.15) is 137 Å². The van der Waals surface area contributed by atoms with Crippen molar-refractivity contribution in [1.29, 1.82) is 0 Å². The van der Waals surface area contributed by atoms with Gasteiger partial charge in [-0.1, -0.05) is 124 Å². The fraction of sp³-hybridized carbons (Fsp3) is 1.00. The zero-order chi connectivity index (χ0) is 24.8. The molecule has 6 heteroatoms. The van der Waals surface area contributed by atoms with Crippen LogP contribution in [0.4, 0.5) is 0 Å². The zero-order valence-corrected chi connectivity index (χ0v) is 26.0. The third-order valence-corrected chi connectivity index (χ3v) is 11.0. The van der Waals surface area contributed by atoms with Crippen molar-refractivity contribution in [2.75, 3.05) is 34.4 Å². The maximum atomic E-state index is 5.91. The van der Waals surface area contributed by atoms with Crippen molar-refractivity contribution in [1.82, 2.24) is 4.90 Å². The van der Waals surface area contributed by atoms with Crippen LogP contribution in [-0.2, 0) is 13.3 Å². The van der Waals surface area contributed by atoms with E-state index in [4.69, 9.17) is 13.3 Å². The van der Waals surface area contributed by atoms with Gasteiger partial charge in [-0.25, -0.2) is 0 Å².